The Balaban J connectivity index is -0.000000175. The van der Waals surface area contributed by atoms with E-state index in [0.29, 0.717) is 0 Å². The molecule has 700 valence electrons. The maximum absolute atomic E-state index is 11.3. The number of imidazole rings is 5. The zero-order chi connectivity index (χ0) is 89.8. The SMILES string of the molecule is CC(O)(C[n+]1ccn(CC(O)(P(=O)(O)O)P(=O)(O)O)c1)P(=O)(O)O.COC(=O)CCl.COC(=O)Cn1cc[n+](CC(=O)OC)c1.C[Si](C)(C)n1ccnc1.O.O=C(O)C[n+]1ccn(CC(O)(P(=O)(O)O)P(=O)(O)O)c1.O=C(O)Cn1cc[n+](CC(=O)O)c1.O=P([O-])(O)C(O)CN1C=CN(CC(O)(P(=O)([O-])[O-])P(=O)([O-])O)C1.O=[P+]([O-])[O-].[Cl-].[Cl-].[ClH2+].[ClH2+].[Na+].[OH-]. The third kappa shape index (κ3) is 49.1. The summed E-state index contributed by atoms with van der Waals surface area (Å²) in [4.78, 5) is 236. The number of nitrogens with zero attached hydrogens (tertiary/aromatic N) is 12. The topological polar surface area (TPSA) is 948 Å². The maximum atomic E-state index is 11.3. The zero-order valence-corrected chi connectivity index (χ0v) is 78.6. The minimum Gasteiger partial charge on any atom is -1.00 e. The fourth-order valence-corrected chi connectivity index (χ4v) is 15.3. The second kappa shape index (κ2) is 56.9. The molecule has 0 saturated heterocycles. The molecule has 6 rings (SSSR count). The van der Waals surface area contributed by atoms with Crippen LogP contribution in [0.15, 0.2) is 106 Å². The van der Waals surface area contributed by atoms with Gasteiger partial charge in [0.1, 0.15) is 80.9 Å². The van der Waals surface area contributed by atoms with Crippen molar-refractivity contribution in [3.8, 4) is 0 Å². The summed E-state index contributed by atoms with van der Waals surface area (Å²) in [7, 11) is -45.0. The maximum Gasteiger partial charge on any atom is 1.00 e. The minimum absolute atomic E-state index is 0. The Morgan fingerprint density at radius 3 is 1.17 bits per heavy atom. The molecule has 121 heavy (non-hydrogen) atoms. The molecule has 0 fully saturated rings. The molecule has 1 aliphatic heterocycles. The Kier molecular flexibility index (Phi) is 63.4. The molecule has 0 amide bonds. The Bertz CT molecular complexity index is 4300. The van der Waals surface area contributed by atoms with Gasteiger partial charge < -0.3 is 207 Å². The molecule has 0 aromatic carbocycles. The van der Waals surface area contributed by atoms with Crippen LogP contribution in [-0.2, 0) is 136 Å². The van der Waals surface area contributed by atoms with Crippen molar-refractivity contribution in [1.29, 1.82) is 0 Å². The predicted octanol–water partition coefficient (Wildman–Crippen LogP) is -22.1. The molecule has 0 bridgehead atoms. The zero-order valence-electron chi connectivity index (χ0n) is 63.5. The number of esters is 3. The first-order valence-electron chi connectivity index (χ1n) is 29.8. The van der Waals surface area contributed by atoms with Gasteiger partial charge in [-0.3, -0.25) is 27.6 Å². The van der Waals surface area contributed by atoms with Gasteiger partial charge in [0.15, 0.2) is 61.2 Å². The number of aromatic nitrogens is 10. The van der Waals surface area contributed by atoms with Crippen molar-refractivity contribution in [2.45, 2.75) is 105 Å². The summed E-state index contributed by atoms with van der Waals surface area (Å²) in [5.74, 6) is -6.40. The third-order valence-electron chi connectivity index (χ3n) is 13.3. The summed E-state index contributed by atoms with van der Waals surface area (Å²) in [5, 5.41) is 59.5. The molecule has 23 N–H and O–H groups in total. The van der Waals surface area contributed by atoms with E-state index in [1.807, 2.05) is 18.7 Å². The number of carboxylic acid groups (broad SMARTS) is 3. The van der Waals surface area contributed by atoms with Gasteiger partial charge in [-0.2, -0.15) is 0 Å². The fraction of sp³-hybridized carbons (Fsp3) is 0.511. The van der Waals surface area contributed by atoms with Crippen LogP contribution < -0.4 is 102 Å². The molecule has 1 aliphatic rings. The number of hydrogen-bond donors (Lipinski definition) is 20. The average molecular weight is 2070 g/mol. The summed E-state index contributed by atoms with van der Waals surface area (Å²) in [5.41, 5.74) is 0. The number of aliphatic carboxylic acids is 3. The summed E-state index contributed by atoms with van der Waals surface area (Å²) < 4.78 is 122. The van der Waals surface area contributed by atoms with E-state index in [2.05, 4.69) is 43.1 Å². The third-order valence-corrected chi connectivity index (χ3v) is 28.7. The number of hydrogen-bond acceptors (Lipinski definition) is 33. The Hall–Kier alpha value is -4.18. The van der Waals surface area contributed by atoms with E-state index in [1.54, 1.807) is 27.9 Å². The number of alkyl halides is 1. The van der Waals surface area contributed by atoms with Gasteiger partial charge >= 0.3 is 114 Å². The molecule has 0 spiro atoms. The Morgan fingerprint density at radius 1 is 0.545 bits per heavy atom. The van der Waals surface area contributed by atoms with E-state index in [9.17, 15) is 110 Å². The molecule has 74 heteroatoms. The molecule has 5 atom stereocenters. The van der Waals surface area contributed by atoms with E-state index in [-0.39, 0.29) is 134 Å². The van der Waals surface area contributed by atoms with Gasteiger partial charge in [0.25, 0.3) is 8.25 Å². The number of β-amino-alcohol motifs (C(OH)–C–C–N with tert-alkyl or cyclic N) is 2. The molecular formula is C47H90Cl5N12NaO46P9Si-. The molecule has 6 heterocycles. The van der Waals surface area contributed by atoms with Gasteiger partial charge in [0, 0.05) is 24.8 Å². The van der Waals surface area contributed by atoms with Crippen LogP contribution in [-0.4, -0.2) is 265 Å². The number of carbonyl (C=O) groups is 6. The van der Waals surface area contributed by atoms with Gasteiger partial charge in [-0.1, -0.05) is 24.2 Å². The normalized spacial score (nSPS) is 14.0. The number of aliphatic hydroxyl groups excluding tert-OH is 1. The van der Waals surface area contributed by atoms with Crippen molar-refractivity contribution in [2.75, 3.05) is 47.0 Å². The van der Waals surface area contributed by atoms with Crippen LogP contribution in [0.4, 0.5) is 0 Å². The molecule has 5 unspecified atom stereocenters. The van der Waals surface area contributed by atoms with E-state index in [4.69, 9.17) is 100.0 Å². The largest absolute Gasteiger partial charge is 1.00 e. The minimum atomic E-state index is -6.18. The number of aliphatic hydroxyl groups is 5. The Labute approximate surface area is 737 Å². The summed E-state index contributed by atoms with van der Waals surface area (Å²) >= 11 is 4.98. The number of halogens is 5. The monoisotopic (exact) mass is 2060 g/mol. The van der Waals surface area contributed by atoms with Gasteiger partial charge in [0.05, 0.1) is 72.2 Å². The second-order valence-corrected chi connectivity index (χ2v) is 45.0. The number of rotatable bonds is 30. The van der Waals surface area contributed by atoms with Crippen molar-refractivity contribution < 1.29 is 321 Å². The first-order chi connectivity index (χ1) is 51.2. The van der Waals surface area contributed by atoms with Crippen molar-refractivity contribution >= 4 is 125 Å². The van der Waals surface area contributed by atoms with Crippen LogP contribution in [0.25, 0.3) is 0 Å². The molecule has 5 aromatic heterocycles. The quantitative estimate of drug-likeness (QED) is 0.00507. The van der Waals surface area contributed by atoms with Crippen molar-refractivity contribution in [1.82, 2.24) is 37.3 Å². The smallest absolute Gasteiger partial charge is 1.00 e. The van der Waals surface area contributed by atoms with E-state index in [0.717, 1.165) is 78.6 Å². The number of methoxy groups -OCH3 is 3. The number of ether oxygens (including phenoxy) is 3. The van der Waals surface area contributed by atoms with Crippen molar-refractivity contribution in [3.63, 3.8) is 0 Å². The van der Waals surface area contributed by atoms with Gasteiger partial charge in [0.2, 0.25) is 30.7 Å². The van der Waals surface area contributed by atoms with Crippen LogP contribution >= 0.6 is 80.6 Å². The van der Waals surface area contributed by atoms with Crippen LogP contribution in [0.3, 0.4) is 0 Å². The van der Waals surface area contributed by atoms with Gasteiger partial charge in [-0.15, -0.1) is 11.6 Å². The summed E-state index contributed by atoms with van der Waals surface area (Å²) in [6, 6.07) is 0. The fourth-order valence-electron chi connectivity index (χ4n) is 7.40. The second-order valence-electron chi connectivity index (χ2n) is 23.7. The van der Waals surface area contributed by atoms with Crippen molar-refractivity contribution in [2.24, 2.45) is 0 Å². The molecule has 58 nitrogen and oxygen atoms in total. The average Bonchev–Trinajstić information content (AvgIpc) is 1.69. The number of carbonyl (C=O) groups excluding carboxylic acids is 3. The number of carboxylic acids is 3. The molecule has 5 aromatic rings. The first kappa shape index (κ1) is 135. The van der Waals surface area contributed by atoms with Crippen molar-refractivity contribution in [3.05, 3.63) is 106 Å². The van der Waals surface area contributed by atoms with E-state index < -0.39 is 174 Å². The van der Waals surface area contributed by atoms with Gasteiger partial charge in [-0.05, 0) is 14.5 Å². The van der Waals surface area contributed by atoms with Crippen LogP contribution in [0.1, 0.15) is 6.92 Å². The summed E-state index contributed by atoms with van der Waals surface area (Å²) in [6.45, 7) is 1.84. The molecule has 0 aliphatic carbocycles. The first-order valence-corrected chi connectivity index (χ1v) is 47.7. The summed E-state index contributed by atoms with van der Waals surface area (Å²) in [6.07, 6.45) is 23.7. The Morgan fingerprint density at radius 2 is 0.884 bits per heavy atom. The molecule has 0 saturated carbocycles. The standard InChI is InChI=1S/C9H13N2O4.C8H17N2O11P3.C7H17N2O11P3.C7H12N2O9P2.C7H8N2O4.C6H12N2Si.C3H5ClO2.2ClH2.2ClH.Na.HO3P.2H2O/c1-14-8(12)5-10-3-4-11(7-10)6-9(13)15-2;1-7(11,22(13,14)15)4-9-2-3-10(6-9)5-8(12,23(16,17)18)24(19,20)21;10-6(21(12,13)14)3-8-1-2-9(5-8)4-7(11,22(15,16)17)23(18,19)20;10-6(11)3-8-1-2-9(5-8)4-7(12,19(13,14)15)20(16,17)18;10-6(11)3-8-1-2-9(5-8)4-7(12)13;1-9(2,3)8-5-4-7-6-8;1-6-3(5)2-4;;;;;;1-4(2)3;;/h3-4,7H,5-6H2,1-2H3;2-3,6,11-12H,4-5H2,1H3,(H5-,13,14,15,16,17,18,19,20,21);1-2,6,10-11H,3-5H2,(H2,12,13,14)(H2,15,16,17)(H2,18,19,20);1-2,5,12H,3-4H2,(H4-,10,11,13,14,15,16,17,18);1-2,5H,3-4H2,(H-,10,11,12,13);4-6H,1-3H3;2H2,1H3;2*1H2;2*1H;;(H,1,2,3);2*1H2/q+1;;;;;;;2*+1;;;+1;;;/p-5. The molecular weight excluding hydrogens is 1980 g/mol. The van der Waals surface area contributed by atoms with Crippen LogP contribution in [0.2, 0.25) is 19.6 Å². The van der Waals surface area contributed by atoms with Crippen LogP contribution in [0, 0.1) is 24.8 Å². The van der Waals surface area contributed by atoms with E-state index >= 15 is 0 Å². The van der Waals surface area contributed by atoms with Crippen LogP contribution in [0.5, 0.6) is 0 Å². The van der Waals surface area contributed by atoms with Gasteiger partial charge in [-0.25, -0.2) is 65.5 Å². The molecule has 0 radical (unpaired) electrons. The van der Waals surface area contributed by atoms with E-state index in [1.165, 1.54) is 55.4 Å². The predicted molar refractivity (Wildman–Crippen MR) is 374 cm³/mol.